The number of aliphatic hydroxyl groups is 1. The molecule has 2 fully saturated rings. The number of nitrogens with zero attached hydrogens (tertiary/aromatic N) is 4. The van der Waals surface area contributed by atoms with Crippen molar-refractivity contribution in [2.45, 2.75) is 89.3 Å². The van der Waals surface area contributed by atoms with Gasteiger partial charge in [0.05, 0.1) is 17.4 Å². The average molecular weight is 453 g/mol. The summed E-state index contributed by atoms with van der Waals surface area (Å²) in [5, 5.41) is 17.0. The molecule has 3 heterocycles. The van der Waals surface area contributed by atoms with E-state index < -0.39 is 0 Å². The first-order chi connectivity index (χ1) is 16.0. The molecule has 7 heteroatoms. The monoisotopic (exact) mass is 452 g/mol. The maximum Gasteiger partial charge on any atom is 0.224 e. The van der Waals surface area contributed by atoms with Crippen molar-refractivity contribution in [2.24, 2.45) is 0 Å². The molecule has 1 aliphatic heterocycles. The van der Waals surface area contributed by atoms with Crippen LogP contribution >= 0.6 is 0 Å². The zero-order chi connectivity index (χ0) is 23.2. The highest BCUT2D eigenvalue weighted by Gasteiger charge is 2.22. The molecule has 4 rings (SSSR count). The molecular formula is C26H40N6O. The number of hydrogen-bond donors (Lipinski definition) is 3. The van der Waals surface area contributed by atoms with Crippen LogP contribution in [0, 0.1) is 0 Å². The van der Waals surface area contributed by atoms with Crippen LogP contribution in [0.1, 0.15) is 76.7 Å². The van der Waals surface area contributed by atoms with E-state index in [4.69, 9.17) is 9.97 Å². The van der Waals surface area contributed by atoms with Crippen LogP contribution in [-0.2, 0) is 0 Å². The van der Waals surface area contributed by atoms with E-state index in [1.54, 1.807) is 0 Å². The molecule has 0 amide bonds. The number of nitrogens with one attached hydrogen (secondary N) is 2. The summed E-state index contributed by atoms with van der Waals surface area (Å²) in [5.74, 6) is 2.08. The average Bonchev–Trinajstić information content (AvgIpc) is 2.82. The summed E-state index contributed by atoms with van der Waals surface area (Å²) in [4.78, 5) is 16.7. The summed E-state index contributed by atoms with van der Waals surface area (Å²) >= 11 is 0. The minimum atomic E-state index is -0.172. The van der Waals surface area contributed by atoms with E-state index in [0.717, 1.165) is 68.7 Å². The Balaban J connectivity index is 1.55. The molecule has 0 radical (unpaired) electrons. The maximum absolute atomic E-state index is 9.89. The van der Waals surface area contributed by atoms with Crippen LogP contribution in [0.5, 0.6) is 0 Å². The summed E-state index contributed by atoms with van der Waals surface area (Å²) in [6, 6.07) is 4.98. The minimum Gasteiger partial charge on any atom is -0.393 e. The van der Waals surface area contributed by atoms with E-state index in [2.05, 4.69) is 53.5 Å². The lowest BCUT2D eigenvalue weighted by molar-refractivity contribution is 0.126. The second-order valence-electron chi connectivity index (χ2n) is 9.99. The third-order valence-electron chi connectivity index (χ3n) is 7.18. The smallest absolute Gasteiger partial charge is 0.224 e. The highest BCUT2D eigenvalue weighted by atomic mass is 16.3. The van der Waals surface area contributed by atoms with Crippen molar-refractivity contribution in [2.75, 3.05) is 30.8 Å². The molecular weight excluding hydrogens is 412 g/mol. The Hall–Kier alpha value is -2.25. The van der Waals surface area contributed by atoms with Gasteiger partial charge in [0.25, 0.3) is 0 Å². The molecule has 0 unspecified atom stereocenters. The molecule has 1 saturated carbocycles. The van der Waals surface area contributed by atoms with Gasteiger partial charge in [-0.2, -0.15) is 4.98 Å². The topological polar surface area (TPSA) is 86.2 Å². The Bertz CT molecular complexity index is 873. The molecule has 2 aromatic rings. The van der Waals surface area contributed by atoms with Gasteiger partial charge < -0.3 is 20.6 Å². The largest absolute Gasteiger partial charge is 0.393 e. The zero-order valence-corrected chi connectivity index (χ0v) is 20.4. The van der Waals surface area contributed by atoms with Gasteiger partial charge in [-0.05, 0) is 89.6 Å². The molecule has 33 heavy (non-hydrogen) atoms. The Morgan fingerprint density at radius 3 is 2.48 bits per heavy atom. The van der Waals surface area contributed by atoms with Crippen molar-refractivity contribution < 1.29 is 5.11 Å². The molecule has 2 aromatic heterocycles. The van der Waals surface area contributed by atoms with Gasteiger partial charge in [-0.1, -0.05) is 19.4 Å². The van der Waals surface area contributed by atoms with Crippen molar-refractivity contribution in [3.05, 3.63) is 30.1 Å². The first-order valence-corrected chi connectivity index (χ1v) is 12.7. The van der Waals surface area contributed by atoms with E-state index in [9.17, 15) is 5.11 Å². The van der Waals surface area contributed by atoms with Crippen molar-refractivity contribution in [3.8, 4) is 11.3 Å². The van der Waals surface area contributed by atoms with Crippen LogP contribution in [0.3, 0.4) is 0 Å². The minimum absolute atomic E-state index is 0.172. The molecule has 1 atom stereocenters. The lowest BCUT2D eigenvalue weighted by atomic mass is 9.90. The SMILES string of the molecule is CCC[C@H](C)Nc1ncc(-c2ccc(C3CCN(C)CC3)cn2)c(N[C@H]2CC[C@H](O)CC2)n1. The predicted molar refractivity (Wildman–Crippen MR) is 135 cm³/mol. The van der Waals surface area contributed by atoms with Crippen LogP contribution in [-0.4, -0.2) is 63.3 Å². The predicted octanol–water partition coefficient (Wildman–Crippen LogP) is 4.66. The molecule has 7 nitrogen and oxygen atoms in total. The van der Waals surface area contributed by atoms with E-state index in [1.165, 1.54) is 18.4 Å². The summed E-state index contributed by atoms with van der Waals surface area (Å²) < 4.78 is 0. The summed E-state index contributed by atoms with van der Waals surface area (Å²) in [6.45, 7) is 6.65. The van der Waals surface area contributed by atoms with Crippen LogP contribution in [0.15, 0.2) is 24.5 Å². The van der Waals surface area contributed by atoms with Crippen LogP contribution in [0.25, 0.3) is 11.3 Å². The van der Waals surface area contributed by atoms with Crippen LogP contribution in [0.4, 0.5) is 11.8 Å². The Morgan fingerprint density at radius 2 is 1.82 bits per heavy atom. The Kier molecular flexibility index (Phi) is 8.15. The van der Waals surface area contributed by atoms with Crippen molar-refractivity contribution in [1.82, 2.24) is 19.9 Å². The zero-order valence-electron chi connectivity index (χ0n) is 20.4. The lowest BCUT2D eigenvalue weighted by Crippen LogP contribution is -2.29. The number of piperidine rings is 1. The molecule has 0 aromatic carbocycles. The number of rotatable bonds is 8. The van der Waals surface area contributed by atoms with Gasteiger partial charge in [-0.15, -0.1) is 0 Å². The summed E-state index contributed by atoms with van der Waals surface area (Å²) in [5.41, 5.74) is 3.16. The van der Waals surface area contributed by atoms with Gasteiger partial charge in [0.2, 0.25) is 5.95 Å². The summed E-state index contributed by atoms with van der Waals surface area (Å²) in [6.07, 6.45) is 11.9. The quantitative estimate of drug-likeness (QED) is 0.537. The van der Waals surface area contributed by atoms with Crippen molar-refractivity contribution in [1.29, 1.82) is 0 Å². The molecule has 0 bridgehead atoms. The van der Waals surface area contributed by atoms with E-state index in [1.807, 2.05) is 12.4 Å². The standard InChI is InChI=1S/C26H40N6O/c1-4-5-18(2)29-26-28-17-23(25(31-26)30-21-7-9-22(33)10-8-21)24-11-6-20(16-27-24)19-12-14-32(3)15-13-19/h6,11,16-19,21-22,33H,4-5,7-10,12-15H2,1-3H3,(H2,28,29,30,31)/t18-,21-,22-/m0/s1. The first-order valence-electron chi connectivity index (χ1n) is 12.7. The third kappa shape index (κ3) is 6.42. The number of likely N-dealkylation sites (tertiary alicyclic amines) is 1. The van der Waals surface area contributed by atoms with E-state index in [-0.39, 0.29) is 6.10 Å². The highest BCUT2D eigenvalue weighted by Crippen LogP contribution is 2.31. The fourth-order valence-corrected chi connectivity index (χ4v) is 5.04. The lowest BCUT2D eigenvalue weighted by Gasteiger charge is -2.29. The Labute approximate surface area is 198 Å². The number of anilines is 2. The Morgan fingerprint density at radius 1 is 1.06 bits per heavy atom. The number of aliphatic hydroxyl groups excluding tert-OH is 1. The molecule has 0 spiro atoms. The van der Waals surface area contributed by atoms with Crippen LogP contribution in [0.2, 0.25) is 0 Å². The molecule has 2 aliphatic rings. The second-order valence-corrected chi connectivity index (χ2v) is 9.99. The van der Waals surface area contributed by atoms with Gasteiger partial charge in [-0.25, -0.2) is 4.98 Å². The van der Waals surface area contributed by atoms with Gasteiger partial charge in [0.1, 0.15) is 5.82 Å². The number of hydrogen-bond acceptors (Lipinski definition) is 7. The number of aromatic nitrogens is 3. The first kappa shape index (κ1) is 23.9. The molecule has 3 N–H and O–H groups in total. The molecule has 1 saturated heterocycles. The molecule has 1 aliphatic carbocycles. The normalized spacial score (nSPS) is 23.3. The van der Waals surface area contributed by atoms with Crippen molar-refractivity contribution >= 4 is 11.8 Å². The van der Waals surface area contributed by atoms with Gasteiger partial charge in [0.15, 0.2) is 0 Å². The maximum atomic E-state index is 9.89. The third-order valence-corrected chi connectivity index (χ3v) is 7.18. The highest BCUT2D eigenvalue weighted by molar-refractivity contribution is 5.73. The van der Waals surface area contributed by atoms with Gasteiger partial charge in [0, 0.05) is 24.5 Å². The van der Waals surface area contributed by atoms with Gasteiger partial charge in [-0.3, -0.25) is 4.98 Å². The second kappa shape index (κ2) is 11.3. The van der Waals surface area contributed by atoms with Crippen LogP contribution < -0.4 is 10.6 Å². The fraction of sp³-hybridized carbons (Fsp3) is 0.654. The van der Waals surface area contributed by atoms with Gasteiger partial charge >= 0.3 is 0 Å². The van der Waals surface area contributed by atoms with E-state index >= 15 is 0 Å². The van der Waals surface area contributed by atoms with Crippen molar-refractivity contribution in [3.63, 3.8) is 0 Å². The number of pyridine rings is 1. The van der Waals surface area contributed by atoms with E-state index in [0.29, 0.717) is 23.9 Å². The molecule has 180 valence electrons. The fourth-order valence-electron chi connectivity index (χ4n) is 5.04. The summed E-state index contributed by atoms with van der Waals surface area (Å²) in [7, 11) is 2.20.